The van der Waals surface area contributed by atoms with E-state index in [1.165, 1.54) is 0 Å². The van der Waals surface area contributed by atoms with Gasteiger partial charge in [-0.2, -0.15) is 0 Å². The number of anilines is 1. The average molecular weight is 389 g/mol. The summed E-state index contributed by atoms with van der Waals surface area (Å²) in [5.74, 6) is 0. The first kappa shape index (κ1) is 20.2. The lowest BCUT2D eigenvalue weighted by molar-refractivity contribution is -0.0905. The van der Waals surface area contributed by atoms with Gasteiger partial charge in [-0.1, -0.05) is 23.4 Å². The Morgan fingerprint density at radius 2 is 2.18 bits per heavy atom. The van der Waals surface area contributed by atoms with Gasteiger partial charge >= 0.3 is 6.03 Å². The number of rotatable bonds is 8. The molecule has 1 saturated heterocycles. The van der Waals surface area contributed by atoms with Crippen molar-refractivity contribution in [3.8, 4) is 0 Å². The molecule has 2 amide bonds. The van der Waals surface area contributed by atoms with Gasteiger partial charge in [-0.05, 0) is 31.4 Å². The Hall–Kier alpha value is -2.49. The van der Waals surface area contributed by atoms with Crippen LogP contribution < -0.4 is 10.6 Å². The fourth-order valence-electron chi connectivity index (χ4n) is 3.30. The number of aliphatic hydroxyl groups is 1. The number of urea groups is 1. The second-order valence-corrected chi connectivity index (χ2v) is 6.82. The first-order valence-electron chi connectivity index (χ1n) is 9.44. The molecule has 1 aromatic carbocycles. The van der Waals surface area contributed by atoms with E-state index in [4.69, 9.17) is 9.47 Å². The quantitative estimate of drug-likeness (QED) is 0.632. The molecular formula is C19H27N5O4. The third kappa shape index (κ3) is 5.75. The summed E-state index contributed by atoms with van der Waals surface area (Å²) in [7, 11) is 1.62. The SMILES string of the molecule is COCc1cn(CC[C@@H]2CC[C@H](NC(=O)Nc3ccccc3)[C@H](CO)O2)nn1. The summed E-state index contributed by atoms with van der Waals surface area (Å²) in [5, 5.41) is 23.5. The number of carbonyl (C=O) groups is 1. The van der Waals surface area contributed by atoms with Crippen LogP contribution in [0.1, 0.15) is 25.0 Å². The van der Waals surface area contributed by atoms with Gasteiger partial charge in [0, 0.05) is 19.3 Å². The lowest BCUT2D eigenvalue weighted by Gasteiger charge is -2.36. The summed E-state index contributed by atoms with van der Waals surface area (Å²) < 4.78 is 12.8. The highest BCUT2D eigenvalue weighted by Gasteiger charge is 2.31. The Labute approximate surface area is 164 Å². The predicted octanol–water partition coefficient (Wildman–Crippen LogP) is 1.54. The first-order chi connectivity index (χ1) is 13.7. The number of hydrogen-bond acceptors (Lipinski definition) is 6. The molecule has 9 nitrogen and oxygen atoms in total. The molecule has 3 N–H and O–H groups in total. The highest BCUT2D eigenvalue weighted by molar-refractivity contribution is 5.89. The van der Waals surface area contributed by atoms with Gasteiger partial charge < -0.3 is 25.2 Å². The number of methoxy groups -OCH3 is 1. The van der Waals surface area contributed by atoms with E-state index < -0.39 is 6.10 Å². The van der Waals surface area contributed by atoms with Crippen LogP contribution in [0.25, 0.3) is 0 Å². The van der Waals surface area contributed by atoms with E-state index >= 15 is 0 Å². The number of aliphatic hydroxyl groups excluding tert-OH is 1. The van der Waals surface area contributed by atoms with E-state index in [1.807, 2.05) is 36.5 Å². The summed E-state index contributed by atoms with van der Waals surface area (Å²) in [6.07, 6.45) is 3.72. The molecule has 0 saturated carbocycles. The standard InChI is InChI=1S/C19H27N5O4/c1-27-13-15-11-24(23-22-15)10-9-16-7-8-17(18(12-25)28-16)21-19(26)20-14-5-3-2-4-6-14/h2-6,11,16-18,25H,7-10,12-13H2,1H3,(H2,20,21,26)/t16-,17-,18-/m0/s1. The fourth-order valence-corrected chi connectivity index (χ4v) is 3.30. The van der Waals surface area contributed by atoms with Gasteiger partial charge in [-0.25, -0.2) is 4.79 Å². The zero-order chi connectivity index (χ0) is 19.8. The minimum absolute atomic E-state index is 0.00228. The monoisotopic (exact) mass is 389 g/mol. The molecule has 28 heavy (non-hydrogen) atoms. The minimum atomic E-state index is -0.430. The molecular weight excluding hydrogens is 362 g/mol. The van der Waals surface area contributed by atoms with E-state index in [-0.39, 0.29) is 24.8 Å². The Bertz CT molecular complexity index is 739. The molecule has 1 aliphatic rings. The summed E-state index contributed by atoms with van der Waals surface area (Å²) in [5.41, 5.74) is 1.50. The van der Waals surface area contributed by atoms with Crippen LogP contribution in [-0.2, 0) is 22.6 Å². The molecule has 2 heterocycles. The van der Waals surface area contributed by atoms with Crippen molar-refractivity contribution in [1.82, 2.24) is 20.3 Å². The minimum Gasteiger partial charge on any atom is -0.394 e. The summed E-state index contributed by atoms with van der Waals surface area (Å²) >= 11 is 0. The second-order valence-electron chi connectivity index (χ2n) is 6.82. The van der Waals surface area contributed by atoms with Gasteiger partial charge in [-0.3, -0.25) is 4.68 Å². The van der Waals surface area contributed by atoms with Crippen molar-refractivity contribution in [3.05, 3.63) is 42.2 Å². The van der Waals surface area contributed by atoms with Crippen molar-refractivity contribution in [1.29, 1.82) is 0 Å². The van der Waals surface area contributed by atoms with Crippen molar-refractivity contribution in [2.24, 2.45) is 0 Å². The van der Waals surface area contributed by atoms with Crippen LogP contribution in [-0.4, -0.2) is 58.1 Å². The Balaban J connectivity index is 1.45. The maximum atomic E-state index is 12.2. The molecule has 9 heteroatoms. The molecule has 152 valence electrons. The van der Waals surface area contributed by atoms with E-state index in [9.17, 15) is 9.90 Å². The van der Waals surface area contributed by atoms with Crippen LogP contribution >= 0.6 is 0 Å². The zero-order valence-electron chi connectivity index (χ0n) is 16.0. The summed E-state index contributed by atoms with van der Waals surface area (Å²) in [6, 6.07) is 8.70. The Morgan fingerprint density at radius 3 is 2.93 bits per heavy atom. The molecule has 1 fully saturated rings. The Morgan fingerprint density at radius 1 is 1.36 bits per heavy atom. The summed E-state index contributed by atoms with van der Waals surface area (Å²) in [6.45, 7) is 0.963. The number of nitrogens with one attached hydrogen (secondary N) is 2. The highest BCUT2D eigenvalue weighted by atomic mass is 16.5. The van der Waals surface area contributed by atoms with Crippen molar-refractivity contribution >= 4 is 11.7 Å². The zero-order valence-corrected chi connectivity index (χ0v) is 16.0. The highest BCUT2D eigenvalue weighted by Crippen LogP contribution is 2.22. The smallest absolute Gasteiger partial charge is 0.319 e. The molecule has 0 unspecified atom stereocenters. The lowest BCUT2D eigenvalue weighted by Crippen LogP contribution is -2.52. The number of amides is 2. The number of carbonyl (C=O) groups excluding carboxylic acids is 1. The van der Waals surface area contributed by atoms with Crippen LogP contribution in [0, 0.1) is 0 Å². The normalized spacial score (nSPS) is 22.0. The van der Waals surface area contributed by atoms with Gasteiger partial charge in [0.2, 0.25) is 0 Å². The molecule has 2 aromatic rings. The molecule has 0 radical (unpaired) electrons. The van der Waals surface area contributed by atoms with Crippen molar-refractivity contribution in [2.45, 2.75) is 50.7 Å². The summed E-state index contributed by atoms with van der Waals surface area (Å²) in [4.78, 5) is 12.2. The number of benzene rings is 1. The van der Waals surface area contributed by atoms with Crippen molar-refractivity contribution in [2.75, 3.05) is 19.0 Å². The number of hydrogen-bond donors (Lipinski definition) is 3. The van der Waals surface area contributed by atoms with Crippen LogP contribution in [0.5, 0.6) is 0 Å². The van der Waals surface area contributed by atoms with E-state index in [2.05, 4.69) is 20.9 Å². The van der Waals surface area contributed by atoms with E-state index in [0.717, 1.165) is 30.6 Å². The molecule has 0 bridgehead atoms. The van der Waals surface area contributed by atoms with Crippen molar-refractivity contribution in [3.63, 3.8) is 0 Å². The average Bonchev–Trinajstić information content (AvgIpc) is 3.15. The molecule has 0 aliphatic carbocycles. The number of nitrogens with zero attached hydrogens (tertiary/aromatic N) is 3. The third-order valence-corrected chi connectivity index (χ3v) is 4.70. The largest absolute Gasteiger partial charge is 0.394 e. The maximum Gasteiger partial charge on any atom is 0.319 e. The predicted molar refractivity (Wildman–Crippen MR) is 103 cm³/mol. The van der Waals surface area contributed by atoms with Crippen molar-refractivity contribution < 1.29 is 19.4 Å². The number of para-hydroxylation sites is 1. The molecule has 3 rings (SSSR count). The van der Waals surface area contributed by atoms with Gasteiger partial charge in [0.1, 0.15) is 11.8 Å². The van der Waals surface area contributed by atoms with Gasteiger partial charge in [0.25, 0.3) is 0 Å². The number of ether oxygens (including phenoxy) is 2. The maximum absolute atomic E-state index is 12.2. The molecule has 0 spiro atoms. The van der Waals surface area contributed by atoms with E-state index in [0.29, 0.717) is 13.2 Å². The van der Waals surface area contributed by atoms with Crippen LogP contribution in [0.15, 0.2) is 36.5 Å². The van der Waals surface area contributed by atoms with E-state index in [1.54, 1.807) is 11.8 Å². The van der Waals surface area contributed by atoms with Gasteiger partial charge in [0.05, 0.1) is 31.6 Å². The second kappa shape index (κ2) is 10.2. The Kier molecular flexibility index (Phi) is 7.35. The van der Waals surface area contributed by atoms with Crippen LogP contribution in [0.2, 0.25) is 0 Å². The topological polar surface area (TPSA) is 111 Å². The molecule has 1 aromatic heterocycles. The number of aryl methyl sites for hydroxylation is 1. The molecule has 1 aliphatic heterocycles. The molecule has 3 atom stereocenters. The number of aromatic nitrogens is 3. The first-order valence-corrected chi connectivity index (χ1v) is 9.44. The third-order valence-electron chi connectivity index (χ3n) is 4.70. The lowest BCUT2D eigenvalue weighted by atomic mass is 9.97. The van der Waals surface area contributed by atoms with Crippen LogP contribution in [0.3, 0.4) is 0 Å². The fraction of sp³-hybridized carbons (Fsp3) is 0.526. The van der Waals surface area contributed by atoms with Gasteiger partial charge in [-0.15, -0.1) is 5.10 Å². The van der Waals surface area contributed by atoms with Crippen LogP contribution in [0.4, 0.5) is 10.5 Å². The van der Waals surface area contributed by atoms with Gasteiger partial charge in [0.15, 0.2) is 0 Å².